The Morgan fingerprint density at radius 2 is 1.73 bits per heavy atom. The maximum absolute atomic E-state index is 14.5. The molecule has 3 amide bonds. The molecule has 51 heavy (non-hydrogen) atoms. The molecule has 0 spiro atoms. The summed E-state index contributed by atoms with van der Waals surface area (Å²) in [4.78, 5) is 47.6. The molecule has 5 aliphatic rings. The summed E-state index contributed by atoms with van der Waals surface area (Å²) >= 11 is 0. The lowest BCUT2D eigenvalue weighted by Crippen LogP contribution is -2.50. The molecule has 2 aromatic carbocycles. The number of H-pyrrole nitrogens is 2. The predicted molar refractivity (Wildman–Crippen MR) is 189 cm³/mol. The second-order valence-electron chi connectivity index (χ2n) is 15.6. The molecule has 9 rings (SSSR count). The van der Waals surface area contributed by atoms with Gasteiger partial charge in [0.1, 0.15) is 5.69 Å². The van der Waals surface area contributed by atoms with E-state index in [1.54, 1.807) is 6.92 Å². The fraction of sp³-hybridized carbons (Fsp3) is 0.487. The Morgan fingerprint density at radius 3 is 2.47 bits per heavy atom. The molecule has 1 saturated carbocycles. The van der Waals surface area contributed by atoms with Gasteiger partial charge in [-0.2, -0.15) is 5.10 Å². The number of fused-ring (bicyclic) bond motifs is 3. The molecule has 2 aromatic heterocycles. The molecule has 0 unspecified atom stereocenters. The monoisotopic (exact) mass is 695 g/mol. The molecule has 3 atom stereocenters. The van der Waals surface area contributed by atoms with E-state index in [2.05, 4.69) is 42.4 Å². The van der Waals surface area contributed by atoms with Gasteiger partial charge in [-0.15, -0.1) is 0 Å². The van der Waals surface area contributed by atoms with Crippen molar-refractivity contribution in [1.82, 2.24) is 30.3 Å². The van der Waals surface area contributed by atoms with Gasteiger partial charge < -0.3 is 14.8 Å². The highest BCUT2D eigenvalue weighted by Crippen LogP contribution is 2.70. The summed E-state index contributed by atoms with van der Waals surface area (Å²) in [6, 6.07) is 16.0. The molecule has 3 saturated heterocycles. The number of aromatic amines is 2. The van der Waals surface area contributed by atoms with Crippen molar-refractivity contribution in [1.29, 1.82) is 0 Å². The van der Waals surface area contributed by atoms with Crippen LogP contribution < -0.4 is 10.2 Å². The van der Waals surface area contributed by atoms with Gasteiger partial charge in [0.25, 0.3) is 11.8 Å². The maximum atomic E-state index is 14.5. The van der Waals surface area contributed by atoms with Gasteiger partial charge in [-0.25, -0.2) is 8.78 Å². The van der Waals surface area contributed by atoms with E-state index in [9.17, 15) is 23.2 Å². The molecule has 12 heteroatoms. The number of halogens is 2. The minimum Gasteiger partial charge on any atom is -0.372 e. The minimum absolute atomic E-state index is 0.0250. The number of hydrogen-bond donors (Lipinski definition) is 3. The summed E-state index contributed by atoms with van der Waals surface area (Å²) in [5, 5.41) is 10.9. The highest BCUT2D eigenvalue weighted by Gasteiger charge is 2.78. The highest BCUT2D eigenvalue weighted by molar-refractivity contribution is 6.01. The van der Waals surface area contributed by atoms with Crippen molar-refractivity contribution in [3.63, 3.8) is 0 Å². The minimum atomic E-state index is -2.64. The van der Waals surface area contributed by atoms with E-state index < -0.39 is 17.3 Å². The van der Waals surface area contributed by atoms with Crippen LogP contribution in [0.3, 0.4) is 0 Å². The average molecular weight is 696 g/mol. The zero-order valence-corrected chi connectivity index (χ0v) is 28.8. The van der Waals surface area contributed by atoms with Crippen LogP contribution in [0.25, 0.3) is 22.3 Å². The summed E-state index contributed by atoms with van der Waals surface area (Å²) in [6.07, 6.45) is 3.80. The molecule has 2 aliphatic carbocycles. The Balaban J connectivity index is 0.767. The van der Waals surface area contributed by atoms with E-state index in [4.69, 9.17) is 0 Å². The number of alkyl halides is 2. The van der Waals surface area contributed by atoms with Crippen LogP contribution in [0.5, 0.6) is 0 Å². The number of carbonyl (C=O) groups is 3. The SMILES string of the molecule is C[C@@]12Cc3[nH]nc(-c4cc5ccc(C(=O)N6CCN(CC7CCN(c8ccc([C@@H]9CCC(=O)NC9=O)cc8)CC7)CC6)cc5[nH]4)c3C[C@@H]1C2(F)F. The van der Waals surface area contributed by atoms with Crippen LogP contribution in [0.15, 0.2) is 48.5 Å². The van der Waals surface area contributed by atoms with Crippen LogP contribution in [0, 0.1) is 17.3 Å². The maximum Gasteiger partial charge on any atom is 0.258 e. The van der Waals surface area contributed by atoms with Crippen LogP contribution >= 0.6 is 0 Å². The number of piperidine rings is 2. The van der Waals surface area contributed by atoms with Crippen molar-refractivity contribution in [3.05, 3.63) is 70.9 Å². The third-order valence-electron chi connectivity index (χ3n) is 12.6. The molecule has 266 valence electrons. The quantitative estimate of drug-likeness (QED) is 0.241. The van der Waals surface area contributed by atoms with Gasteiger partial charge >= 0.3 is 0 Å². The molecular weight excluding hydrogens is 652 g/mol. The number of nitrogens with zero attached hydrogens (tertiary/aromatic N) is 4. The molecule has 4 aromatic rings. The van der Waals surface area contributed by atoms with Gasteiger partial charge in [-0.1, -0.05) is 25.1 Å². The number of hydrogen-bond acceptors (Lipinski definition) is 6. The van der Waals surface area contributed by atoms with E-state index in [-0.39, 0.29) is 23.6 Å². The topological polar surface area (TPSA) is 117 Å². The Kier molecular flexibility index (Phi) is 7.61. The number of nitrogens with one attached hydrogen (secondary N) is 3. The Hall–Kier alpha value is -4.58. The first-order valence-electron chi connectivity index (χ1n) is 18.3. The number of piperazine rings is 1. The van der Waals surface area contributed by atoms with E-state index in [0.29, 0.717) is 55.9 Å². The molecule has 0 bridgehead atoms. The van der Waals surface area contributed by atoms with Gasteiger partial charge in [0, 0.05) is 103 Å². The van der Waals surface area contributed by atoms with E-state index in [1.807, 2.05) is 41.3 Å². The van der Waals surface area contributed by atoms with Crippen molar-refractivity contribution in [3.8, 4) is 11.4 Å². The van der Waals surface area contributed by atoms with Crippen LogP contribution in [-0.4, -0.2) is 94.4 Å². The molecular formula is C39H43F2N7O3. The lowest BCUT2D eigenvalue weighted by Gasteiger charge is -2.39. The summed E-state index contributed by atoms with van der Waals surface area (Å²) in [5.41, 5.74) is 5.78. The zero-order chi connectivity index (χ0) is 35.1. The van der Waals surface area contributed by atoms with Crippen molar-refractivity contribution in [2.75, 3.05) is 50.7 Å². The van der Waals surface area contributed by atoms with Crippen molar-refractivity contribution < 1.29 is 23.2 Å². The second kappa shape index (κ2) is 12.0. The number of anilines is 1. The fourth-order valence-electron chi connectivity index (χ4n) is 9.20. The van der Waals surface area contributed by atoms with Gasteiger partial charge in [0.2, 0.25) is 11.8 Å². The highest BCUT2D eigenvalue weighted by atomic mass is 19.3. The summed E-state index contributed by atoms with van der Waals surface area (Å²) in [6.45, 7) is 7.77. The average Bonchev–Trinajstić information content (AvgIpc) is 3.52. The molecule has 3 N–H and O–H groups in total. The molecule has 0 radical (unpaired) electrons. The zero-order valence-electron chi connectivity index (χ0n) is 28.8. The van der Waals surface area contributed by atoms with Gasteiger partial charge in [-0.3, -0.25) is 29.7 Å². The number of carbonyl (C=O) groups excluding carboxylic acids is 3. The van der Waals surface area contributed by atoms with E-state index >= 15 is 0 Å². The molecule has 4 fully saturated rings. The fourth-order valence-corrected chi connectivity index (χ4v) is 9.20. The third kappa shape index (κ3) is 5.53. The first-order chi connectivity index (χ1) is 24.6. The van der Waals surface area contributed by atoms with Gasteiger partial charge in [0.05, 0.1) is 11.6 Å². The molecule has 3 aliphatic heterocycles. The summed E-state index contributed by atoms with van der Waals surface area (Å²) < 4.78 is 28.9. The van der Waals surface area contributed by atoms with Crippen molar-refractivity contribution >= 4 is 34.3 Å². The van der Waals surface area contributed by atoms with E-state index in [1.165, 1.54) is 5.69 Å². The Morgan fingerprint density at radius 1 is 0.961 bits per heavy atom. The Labute approximate surface area is 294 Å². The van der Waals surface area contributed by atoms with Crippen LogP contribution in [0.1, 0.15) is 65.7 Å². The Bertz CT molecular complexity index is 2020. The predicted octanol–water partition coefficient (Wildman–Crippen LogP) is 5.12. The largest absolute Gasteiger partial charge is 0.372 e. The molecule has 5 heterocycles. The van der Waals surface area contributed by atoms with Crippen LogP contribution in [0.4, 0.5) is 14.5 Å². The van der Waals surface area contributed by atoms with E-state index in [0.717, 1.165) is 79.0 Å². The van der Waals surface area contributed by atoms with Gasteiger partial charge in [0.15, 0.2) is 0 Å². The summed E-state index contributed by atoms with van der Waals surface area (Å²) in [5.74, 6) is -3.29. The smallest absolute Gasteiger partial charge is 0.258 e. The number of imide groups is 1. The second-order valence-corrected chi connectivity index (χ2v) is 15.6. The number of aromatic nitrogens is 3. The normalized spacial score (nSPS) is 26.6. The van der Waals surface area contributed by atoms with Gasteiger partial charge in [-0.05, 0) is 67.5 Å². The first kappa shape index (κ1) is 32.3. The third-order valence-corrected chi connectivity index (χ3v) is 12.6. The molecule has 10 nitrogen and oxygen atoms in total. The van der Waals surface area contributed by atoms with Crippen molar-refractivity contribution in [2.45, 2.75) is 57.3 Å². The number of amides is 3. The van der Waals surface area contributed by atoms with Crippen molar-refractivity contribution in [2.24, 2.45) is 17.3 Å². The lowest BCUT2D eigenvalue weighted by atomic mass is 9.87. The summed E-state index contributed by atoms with van der Waals surface area (Å²) in [7, 11) is 0. The van der Waals surface area contributed by atoms with Crippen LogP contribution in [0.2, 0.25) is 0 Å². The van der Waals surface area contributed by atoms with Crippen LogP contribution in [-0.2, 0) is 22.4 Å². The number of rotatable bonds is 6. The number of benzene rings is 2. The lowest BCUT2D eigenvalue weighted by molar-refractivity contribution is -0.134. The first-order valence-corrected chi connectivity index (χ1v) is 18.3. The standard InChI is InChI=1S/C39H43F2N7O3/c1-38-21-32-29(20-33(38)39(38,40)41)35(45-44-32)31-18-25-2-3-26(19-30(25)42-31)37(51)48-16-14-46(15-17-48)22-23-10-12-47(13-11-23)27-6-4-24(5-7-27)28-8-9-34(49)43-36(28)50/h2-7,18-19,23,28,33,42H,8-17,20-22H2,1H3,(H,44,45)(H,43,49,50)/t28-,33-,38+/m0/s1.